The Morgan fingerprint density at radius 2 is 0.625 bits per heavy atom. The molecular weight excluding hydrogens is 451 g/mol. The summed E-state index contributed by atoms with van der Waals surface area (Å²) in [6.45, 7) is 24.3. The fourth-order valence-electron chi connectivity index (χ4n) is 2.69. The Kier molecular flexibility index (Phi) is 27.3. The highest BCUT2D eigenvalue weighted by Gasteiger charge is 2.10. The molecule has 0 bridgehead atoms. The monoisotopic (exact) mass is 505 g/mol. The smallest absolute Gasteiger partial charge is 0.0621 e. The van der Waals surface area contributed by atoms with E-state index >= 15 is 0 Å². The molecule has 32 heavy (non-hydrogen) atoms. The molecule has 0 aliphatic carbocycles. The highest BCUT2D eigenvalue weighted by Crippen LogP contribution is 2.07. The van der Waals surface area contributed by atoms with Crippen LogP contribution in [0.25, 0.3) is 0 Å². The van der Waals surface area contributed by atoms with E-state index in [0.29, 0.717) is 35.5 Å². The van der Waals surface area contributed by atoms with E-state index in [9.17, 15) is 0 Å². The van der Waals surface area contributed by atoms with Gasteiger partial charge in [0.25, 0.3) is 0 Å². The quantitative estimate of drug-likeness (QED) is 0.224. The lowest BCUT2D eigenvalue weighted by Crippen LogP contribution is -2.14. The van der Waals surface area contributed by atoms with E-state index in [2.05, 4.69) is 21.2 Å². The van der Waals surface area contributed by atoms with Gasteiger partial charge in [0.15, 0.2) is 0 Å². The maximum atomic E-state index is 8.45. The average Bonchev–Trinajstić information content (AvgIpc) is 2.62. The SMILES string of the molecule is CC(C)C(=NO)C(C)C.CC(C)C(=NO)C(C)C.CC(C)C(=NO)C(C)C.[SiH3]C=C([SiH3])[SiH3]. The third-order valence-electron chi connectivity index (χ3n) is 4.47. The number of hydrogen-bond donors (Lipinski definition) is 3. The van der Waals surface area contributed by atoms with E-state index in [0.717, 1.165) is 17.1 Å². The topological polar surface area (TPSA) is 97.8 Å². The van der Waals surface area contributed by atoms with Gasteiger partial charge in [-0.05, 0) is 35.5 Å². The summed E-state index contributed by atoms with van der Waals surface area (Å²) >= 11 is 0. The van der Waals surface area contributed by atoms with Gasteiger partial charge in [-0.1, -0.05) is 98.6 Å². The zero-order valence-electron chi connectivity index (χ0n) is 23.7. The second-order valence-electron chi connectivity index (χ2n) is 9.87. The number of oxime groups is 3. The van der Waals surface area contributed by atoms with Crippen LogP contribution < -0.4 is 0 Å². The van der Waals surface area contributed by atoms with Gasteiger partial charge in [-0.25, -0.2) is 0 Å². The maximum absolute atomic E-state index is 8.45. The minimum Gasteiger partial charge on any atom is -0.411 e. The van der Waals surface area contributed by atoms with Gasteiger partial charge in [-0.15, -0.1) is 10.5 Å². The lowest BCUT2D eigenvalue weighted by Gasteiger charge is -2.09. The van der Waals surface area contributed by atoms with Gasteiger partial charge in [0.1, 0.15) is 0 Å². The third kappa shape index (κ3) is 23.5. The van der Waals surface area contributed by atoms with Crippen molar-refractivity contribution in [3.05, 3.63) is 10.5 Å². The van der Waals surface area contributed by atoms with E-state index in [1.807, 2.05) is 83.1 Å². The van der Waals surface area contributed by atoms with E-state index in [1.165, 1.54) is 30.7 Å². The maximum Gasteiger partial charge on any atom is 0.0621 e. The summed E-state index contributed by atoms with van der Waals surface area (Å²) < 4.78 is 0. The van der Waals surface area contributed by atoms with Crippen molar-refractivity contribution in [1.29, 1.82) is 0 Å². The van der Waals surface area contributed by atoms with E-state index in [1.54, 1.807) is 4.82 Å². The summed E-state index contributed by atoms with van der Waals surface area (Å²) in [7, 11) is 3.94. The Bertz CT molecular complexity index is 470. The van der Waals surface area contributed by atoms with Crippen molar-refractivity contribution in [3.8, 4) is 0 Å². The minimum atomic E-state index is 0.356. The van der Waals surface area contributed by atoms with Crippen LogP contribution in [0.1, 0.15) is 83.1 Å². The Balaban J connectivity index is -0.000000167. The molecule has 192 valence electrons. The predicted octanol–water partition coefficient (Wildman–Crippen LogP) is 3.27. The van der Waals surface area contributed by atoms with Crippen LogP contribution in [0.2, 0.25) is 0 Å². The molecule has 6 nitrogen and oxygen atoms in total. The standard InChI is InChI=1S/3C7H15NO.C2H10Si3/c3*1-5(2)7(8-9)6(3)4;3-1-2(4)5/h3*5-6,9H,1-4H3;1H,3-5H3. The van der Waals surface area contributed by atoms with Gasteiger partial charge in [0.2, 0.25) is 0 Å². The molecular formula is C23H55N3O3Si3. The van der Waals surface area contributed by atoms with E-state index in [4.69, 9.17) is 15.6 Å². The largest absolute Gasteiger partial charge is 0.411 e. The lowest BCUT2D eigenvalue weighted by atomic mass is 9.98. The molecule has 0 unspecified atom stereocenters. The van der Waals surface area contributed by atoms with Gasteiger partial charge in [-0.3, -0.25) is 0 Å². The van der Waals surface area contributed by atoms with Gasteiger partial charge in [0, 0.05) is 30.7 Å². The summed E-state index contributed by atoms with van der Waals surface area (Å²) in [6, 6.07) is 0. The molecule has 0 rings (SSSR count). The number of nitrogens with zero attached hydrogens (tertiary/aromatic N) is 3. The predicted molar refractivity (Wildman–Crippen MR) is 155 cm³/mol. The second kappa shape index (κ2) is 23.0. The summed E-state index contributed by atoms with van der Waals surface area (Å²) in [6.07, 6.45) is 0. The molecule has 0 aromatic rings. The number of hydrogen-bond acceptors (Lipinski definition) is 6. The molecule has 9 heteroatoms. The van der Waals surface area contributed by atoms with Crippen molar-refractivity contribution in [2.75, 3.05) is 0 Å². The normalized spacial score (nSPS) is 10.2. The third-order valence-corrected chi connectivity index (χ3v) is 9.09. The first-order valence-corrected chi connectivity index (χ1v) is 15.0. The molecule has 0 fully saturated rings. The summed E-state index contributed by atoms with van der Waals surface area (Å²) in [5, 5.41) is 35.0. The van der Waals surface area contributed by atoms with Crippen LogP contribution >= 0.6 is 0 Å². The first-order valence-electron chi connectivity index (χ1n) is 11.8. The Morgan fingerprint density at radius 3 is 0.625 bits per heavy atom. The van der Waals surface area contributed by atoms with Crippen molar-refractivity contribution >= 4 is 47.9 Å². The molecule has 0 aromatic carbocycles. The van der Waals surface area contributed by atoms with Crippen LogP contribution in [0.5, 0.6) is 0 Å². The van der Waals surface area contributed by atoms with Gasteiger partial charge in [0.05, 0.1) is 17.1 Å². The summed E-state index contributed by atoms with van der Waals surface area (Å²) in [5.41, 5.74) is 4.96. The molecule has 0 spiro atoms. The summed E-state index contributed by atoms with van der Waals surface area (Å²) in [4.78, 5) is 1.72. The van der Waals surface area contributed by atoms with Gasteiger partial charge < -0.3 is 15.6 Å². The average molecular weight is 506 g/mol. The molecule has 0 aliphatic rings. The summed E-state index contributed by atoms with van der Waals surface area (Å²) in [5.74, 6) is 2.14. The first-order chi connectivity index (χ1) is 14.5. The van der Waals surface area contributed by atoms with Crippen molar-refractivity contribution < 1.29 is 15.6 Å². The van der Waals surface area contributed by atoms with Crippen LogP contribution in [0, 0.1) is 35.5 Å². The second-order valence-corrected chi connectivity index (χ2v) is 15.6. The Hall–Kier alpha value is -1.20. The highest BCUT2D eigenvalue weighted by atomic mass is 28.2. The molecule has 0 aromatic heterocycles. The molecule has 0 atom stereocenters. The number of rotatable bonds is 6. The fraction of sp³-hybridized carbons (Fsp3) is 0.783. The van der Waals surface area contributed by atoms with Crippen LogP contribution in [-0.4, -0.2) is 63.5 Å². The van der Waals surface area contributed by atoms with Gasteiger partial charge in [-0.2, -0.15) is 0 Å². The van der Waals surface area contributed by atoms with Crippen LogP contribution in [-0.2, 0) is 0 Å². The molecule has 0 heterocycles. The molecule has 0 saturated heterocycles. The van der Waals surface area contributed by atoms with Crippen molar-refractivity contribution in [2.24, 2.45) is 51.0 Å². The zero-order chi connectivity index (χ0) is 26.6. The Labute approximate surface area is 208 Å². The molecule has 3 N–H and O–H groups in total. The molecule has 0 radical (unpaired) electrons. The molecule has 0 aliphatic heterocycles. The highest BCUT2D eigenvalue weighted by molar-refractivity contribution is 6.50. The van der Waals surface area contributed by atoms with Crippen LogP contribution in [0.3, 0.4) is 0 Å². The van der Waals surface area contributed by atoms with E-state index in [-0.39, 0.29) is 0 Å². The van der Waals surface area contributed by atoms with Crippen LogP contribution in [0.15, 0.2) is 26.0 Å². The van der Waals surface area contributed by atoms with E-state index < -0.39 is 0 Å². The van der Waals surface area contributed by atoms with Crippen LogP contribution in [0.4, 0.5) is 0 Å². The first kappa shape index (κ1) is 38.1. The minimum absolute atomic E-state index is 0.356. The van der Waals surface area contributed by atoms with Crippen molar-refractivity contribution in [2.45, 2.75) is 83.1 Å². The van der Waals surface area contributed by atoms with Gasteiger partial charge >= 0.3 is 0 Å². The lowest BCUT2D eigenvalue weighted by molar-refractivity contribution is 0.311. The molecule has 0 saturated carbocycles. The van der Waals surface area contributed by atoms with Crippen molar-refractivity contribution in [3.63, 3.8) is 0 Å². The van der Waals surface area contributed by atoms with Crippen molar-refractivity contribution in [1.82, 2.24) is 0 Å². The zero-order valence-corrected chi connectivity index (χ0v) is 29.7. The Morgan fingerprint density at radius 1 is 0.500 bits per heavy atom. The fourth-order valence-corrected chi connectivity index (χ4v) is 2.69. The molecule has 0 amide bonds.